The molecule has 98 valence electrons. The van der Waals surface area contributed by atoms with Gasteiger partial charge in [-0.15, -0.1) is 0 Å². The summed E-state index contributed by atoms with van der Waals surface area (Å²) in [5, 5.41) is 4.40. The molecule has 2 unspecified atom stereocenters. The average Bonchev–Trinajstić information content (AvgIpc) is 2.30. The Morgan fingerprint density at radius 1 is 1.33 bits per heavy atom. The quantitative estimate of drug-likeness (QED) is 0.793. The number of benzene rings is 1. The van der Waals surface area contributed by atoms with Crippen molar-refractivity contribution >= 4 is 11.6 Å². The van der Waals surface area contributed by atoms with Crippen LogP contribution in [0.25, 0.3) is 0 Å². The number of hydrogen-bond acceptors (Lipinski definition) is 1. The summed E-state index contributed by atoms with van der Waals surface area (Å²) in [6.45, 7) is 6.51. The molecule has 0 heterocycles. The number of hydrogen-bond donors (Lipinski definition) is 1. The van der Waals surface area contributed by atoms with E-state index in [4.69, 9.17) is 11.6 Å². The van der Waals surface area contributed by atoms with Crippen LogP contribution in [0.1, 0.15) is 32.3 Å². The van der Waals surface area contributed by atoms with Crippen molar-refractivity contribution in [3.63, 3.8) is 0 Å². The first kappa shape index (κ1) is 13.6. The lowest BCUT2D eigenvalue weighted by Gasteiger charge is -2.25. The van der Waals surface area contributed by atoms with Gasteiger partial charge in [-0.05, 0) is 49.8 Å². The Hall–Kier alpha value is -0.790. The molecule has 2 heteroatoms. The van der Waals surface area contributed by atoms with Crippen LogP contribution in [0.5, 0.6) is 0 Å². The summed E-state index contributed by atoms with van der Waals surface area (Å²) in [6, 6.07) is 8.05. The van der Waals surface area contributed by atoms with Crippen LogP contribution < -0.4 is 5.32 Å². The molecule has 18 heavy (non-hydrogen) atoms. The maximum Gasteiger partial charge on any atom is 0.0450 e. The number of allylic oxidation sites excluding steroid dienone is 2. The fourth-order valence-corrected chi connectivity index (χ4v) is 3.10. The molecule has 1 N–H and O–H groups in total. The van der Waals surface area contributed by atoms with Gasteiger partial charge < -0.3 is 5.32 Å². The largest absolute Gasteiger partial charge is 0.312 e. The molecule has 0 spiro atoms. The molecule has 1 aromatic carbocycles. The monoisotopic (exact) mass is 263 g/mol. The first-order valence-electron chi connectivity index (χ1n) is 6.76. The second-order valence-electron chi connectivity index (χ2n) is 5.52. The van der Waals surface area contributed by atoms with Gasteiger partial charge in [0.2, 0.25) is 0 Å². The van der Waals surface area contributed by atoms with Crippen molar-refractivity contribution in [3.05, 3.63) is 46.5 Å². The van der Waals surface area contributed by atoms with Gasteiger partial charge in [0.25, 0.3) is 0 Å². The van der Waals surface area contributed by atoms with E-state index in [-0.39, 0.29) is 0 Å². The zero-order chi connectivity index (χ0) is 13.0. The molecule has 1 nitrogen and oxygen atoms in total. The summed E-state index contributed by atoms with van der Waals surface area (Å²) >= 11 is 6.14. The lowest BCUT2D eigenvalue weighted by molar-refractivity contribution is 0.381. The van der Waals surface area contributed by atoms with E-state index in [1.807, 2.05) is 18.2 Å². The predicted molar refractivity (Wildman–Crippen MR) is 78.8 cm³/mol. The third kappa shape index (κ3) is 3.86. The van der Waals surface area contributed by atoms with Gasteiger partial charge in [-0.25, -0.2) is 0 Å². The van der Waals surface area contributed by atoms with Gasteiger partial charge in [0.1, 0.15) is 0 Å². The summed E-state index contributed by atoms with van der Waals surface area (Å²) in [7, 11) is 0. The van der Waals surface area contributed by atoms with Crippen LogP contribution in [0.4, 0.5) is 0 Å². The average molecular weight is 264 g/mol. The second kappa shape index (κ2) is 6.40. The Balaban J connectivity index is 1.80. The van der Waals surface area contributed by atoms with Gasteiger partial charge in [0, 0.05) is 11.6 Å². The van der Waals surface area contributed by atoms with Gasteiger partial charge in [-0.2, -0.15) is 0 Å². The molecule has 0 fully saturated rings. The highest BCUT2D eigenvalue weighted by Crippen LogP contribution is 2.27. The van der Waals surface area contributed by atoms with Crippen LogP contribution in [0.15, 0.2) is 35.9 Å². The third-order valence-electron chi connectivity index (χ3n) is 3.59. The van der Waals surface area contributed by atoms with Crippen molar-refractivity contribution in [3.8, 4) is 0 Å². The summed E-state index contributed by atoms with van der Waals surface area (Å²) < 4.78 is 0. The van der Waals surface area contributed by atoms with Crippen molar-refractivity contribution in [1.82, 2.24) is 5.32 Å². The van der Waals surface area contributed by atoms with Crippen LogP contribution in [-0.2, 0) is 6.54 Å². The highest BCUT2D eigenvalue weighted by molar-refractivity contribution is 6.31. The van der Waals surface area contributed by atoms with Gasteiger partial charge in [0.15, 0.2) is 0 Å². The molecule has 2 rings (SSSR count). The van der Waals surface area contributed by atoms with Crippen molar-refractivity contribution in [1.29, 1.82) is 0 Å². The molecule has 2 atom stereocenters. The second-order valence-corrected chi connectivity index (χ2v) is 5.93. The van der Waals surface area contributed by atoms with E-state index < -0.39 is 0 Å². The zero-order valence-electron chi connectivity index (χ0n) is 11.2. The molecule has 1 aromatic rings. The minimum Gasteiger partial charge on any atom is -0.312 e. The van der Waals surface area contributed by atoms with Crippen LogP contribution >= 0.6 is 11.6 Å². The van der Waals surface area contributed by atoms with E-state index in [9.17, 15) is 0 Å². The summed E-state index contributed by atoms with van der Waals surface area (Å²) in [6.07, 6.45) is 4.94. The Morgan fingerprint density at radius 3 is 2.83 bits per heavy atom. The molecule has 0 saturated heterocycles. The molecule has 0 saturated carbocycles. The van der Waals surface area contributed by atoms with Gasteiger partial charge >= 0.3 is 0 Å². The smallest absolute Gasteiger partial charge is 0.0450 e. The summed E-state index contributed by atoms with van der Waals surface area (Å²) in [5.41, 5.74) is 2.73. The van der Waals surface area contributed by atoms with Crippen LogP contribution in [0.2, 0.25) is 5.02 Å². The third-order valence-corrected chi connectivity index (χ3v) is 3.96. The Bertz CT molecular complexity index is 425. The molecule has 0 bridgehead atoms. The van der Waals surface area contributed by atoms with Gasteiger partial charge in [0.05, 0.1) is 0 Å². The van der Waals surface area contributed by atoms with E-state index in [1.54, 1.807) is 5.57 Å². The predicted octanol–water partition coefficient (Wildman–Crippen LogP) is 4.42. The molecule has 0 radical (unpaired) electrons. The van der Waals surface area contributed by atoms with Crippen LogP contribution in [0, 0.1) is 11.8 Å². The van der Waals surface area contributed by atoms with Crippen molar-refractivity contribution < 1.29 is 0 Å². The zero-order valence-corrected chi connectivity index (χ0v) is 12.0. The summed E-state index contributed by atoms with van der Waals surface area (Å²) in [5.74, 6) is 1.50. The number of halogens is 1. The van der Waals surface area contributed by atoms with Gasteiger partial charge in [-0.1, -0.05) is 48.4 Å². The van der Waals surface area contributed by atoms with E-state index in [0.717, 1.165) is 29.9 Å². The minimum absolute atomic E-state index is 0.728. The lowest BCUT2D eigenvalue weighted by Crippen LogP contribution is -2.26. The lowest BCUT2D eigenvalue weighted by atomic mass is 9.84. The Kier molecular flexibility index (Phi) is 4.85. The molecule has 0 amide bonds. The topological polar surface area (TPSA) is 12.0 Å². The summed E-state index contributed by atoms with van der Waals surface area (Å²) in [4.78, 5) is 0. The van der Waals surface area contributed by atoms with Crippen molar-refractivity contribution in [2.75, 3.05) is 6.54 Å². The van der Waals surface area contributed by atoms with E-state index in [2.05, 4.69) is 31.3 Å². The molecule has 1 aliphatic rings. The highest BCUT2D eigenvalue weighted by Gasteiger charge is 2.17. The first-order valence-corrected chi connectivity index (χ1v) is 7.14. The van der Waals surface area contributed by atoms with Gasteiger partial charge in [-0.3, -0.25) is 0 Å². The minimum atomic E-state index is 0.728. The van der Waals surface area contributed by atoms with Crippen LogP contribution in [0.3, 0.4) is 0 Å². The Morgan fingerprint density at radius 2 is 2.11 bits per heavy atom. The van der Waals surface area contributed by atoms with E-state index >= 15 is 0 Å². The SMILES string of the molecule is CC1=CC(C)CC(CNCc2ccccc2Cl)C1. The number of nitrogens with one attached hydrogen (secondary N) is 1. The highest BCUT2D eigenvalue weighted by atomic mass is 35.5. The Labute approximate surface area is 115 Å². The molecule has 0 aromatic heterocycles. The van der Waals surface area contributed by atoms with E-state index in [1.165, 1.54) is 18.4 Å². The number of rotatable bonds is 4. The maximum absolute atomic E-state index is 6.14. The van der Waals surface area contributed by atoms with E-state index in [0.29, 0.717) is 0 Å². The first-order chi connectivity index (χ1) is 8.65. The normalized spacial score (nSPS) is 23.8. The fraction of sp³-hybridized carbons (Fsp3) is 0.500. The van der Waals surface area contributed by atoms with Crippen molar-refractivity contribution in [2.45, 2.75) is 33.2 Å². The maximum atomic E-state index is 6.14. The molecular formula is C16H22ClN. The standard InChI is InChI=1S/C16H22ClN/c1-12-7-13(2)9-14(8-12)10-18-11-15-5-3-4-6-16(15)17/h3-7,12,14,18H,8-11H2,1-2H3. The van der Waals surface area contributed by atoms with Crippen LogP contribution in [-0.4, -0.2) is 6.54 Å². The molecule has 1 aliphatic carbocycles. The molecule has 0 aliphatic heterocycles. The van der Waals surface area contributed by atoms with Crippen molar-refractivity contribution in [2.24, 2.45) is 11.8 Å². The fourth-order valence-electron chi connectivity index (χ4n) is 2.89. The molecular weight excluding hydrogens is 242 g/mol.